The summed E-state index contributed by atoms with van der Waals surface area (Å²) in [6.45, 7) is 6.58. The SMILES string of the molecule is CCCCC/C=C\C/C=C\C/C=C\CCCCCCC(=O)OC[C@H](COC(=O)CCCCCCCCCCCCCCCCCCCC)OC(=O)CCCCCC/C=C\C/C=C\C/C=C\CCCCC. The van der Waals surface area contributed by atoms with Gasteiger partial charge >= 0.3 is 17.9 Å². The molecule has 0 aromatic carbocycles. The highest BCUT2D eigenvalue weighted by atomic mass is 16.6. The molecule has 0 spiro atoms. The van der Waals surface area contributed by atoms with Crippen LogP contribution in [0.5, 0.6) is 0 Å². The van der Waals surface area contributed by atoms with Crippen molar-refractivity contribution in [2.75, 3.05) is 13.2 Å². The average Bonchev–Trinajstić information content (AvgIpc) is 3.36. The van der Waals surface area contributed by atoms with Gasteiger partial charge in [-0.3, -0.25) is 14.4 Å². The number of carbonyl (C=O) groups is 3. The number of ether oxygens (including phenoxy) is 3. The maximum atomic E-state index is 12.9. The fourth-order valence-corrected chi connectivity index (χ4v) is 8.40. The third-order valence-corrected chi connectivity index (χ3v) is 12.9. The predicted molar refractivity (Wildman–Crippen MR) is 302 cm³/mol. The van der Waals surface area contributed by atoms with Gasteiger partial charge in [0.1, 0.15) is 13.2 Å². The summed E-state index contributed by atoms with van der Waals surface area (Å²) in [5.74, 6) is -0.922. The molecule has 0 N–H and O–H groups in total. The fraction of sp³-hybridized carbons (Fsp3) is 0.766. The maximum absolute atomic E-state index is 12.9. The van der Waals surface area contributed by atoms with Gasteiger partial charge in [-0.05, 0) is 96.3 Å². The van der Waals surface area contributed by atoms with Gasteiger partial charge in [-0.25, -0.2) is 0 Å². The summed E-state index contributed by atoms with van der Waals surface area (Å²) in [4.78, 5) is 38.2. The first-order valence-electron chi connectivity index (χ1n) is 29.9. The summed E-state index contributed by atoms with van der Waals surface area (Å²) < 4.78 is 16.9. The second kappa shape index (κ2) is 58.4. The number of hydrogen-bond acceptors (Lipinski definition) is 6. The standard InChI is InChI=1S/C64H112O6/c1-4-7-10-13-16-19-22-25-28-31-34-36-39-42-45-48-51-54-57-63(66)69-60-61(70-64(67)58-55-52-49-46-43-40-37-33-30-27-24-21-18-15-12-9-6-3)59-68-62(65)56-53-50-47-44-41-38-35-32-29-26-23-20-17-14-11-8-5-2/h17-18,20-21,26-27,29-30,35,37-38,40,61H,4-16,19,22-25,28,31-34,36,39,41-60H2,1-3H3/b20-17-,21-18-,29-26-,30-27-,38-35-,40-37-/t61-/m1/s1. The molecule has 0 unspecified atom stereocenters. The normalized spacial score (nSPS) is 12.6. The number of esters is 3. The summed E-state index contributed by atoms with van der Waals surface area (Å²) in [5.41, 5.74) is 0. The van der Waals surface area contributed by atoms with Crippen LogP contribution in [0.1, 0.15) is 297 Å². The van der Waals surface area contributed by atoms with E-state index in [0.717, 1.165) is 109 Å². The number of allylic oxidation sites excluding steroid dienone is 12. The molecule has 0 aromatic rings. The van der Waals surface area contributed by atoms with Crippen molar-refractivity contribution in [3.05, 3.63) is 72.9 Å². The number of unbranched alkanes of at least 4 members (excludes halogenated alkanes) is 31. The van der Waals surface area contributed by atoms with E-state index in [1.165, 1.54) is 148 Å². The Hall–Kier alpha value is -3.15. The molecular weight excluding hydrogens is 865 g/mol. The first-order chi connectivity index (χ1) is 34.5. The molecular formula is C64H112O6. The molecule has 0 fully saturated rings. The van der Waals surface area contributed by atoms with Crippen molar-refractivity contribution in [3.8, 4) is 0 Å². The largest absolute Gasteiger partial charge is 0.462 e. The van der Waals surface area contributed by atoms with Crippen molar-refractivity contribution in [1.29, 1.82) is 0 Å². The molecule has 0 heterocycles. The lowest BCUT2D eigenvalue weighted by Gasteiger charge is -2.18. The molecule has 404 valence electrons. The maximum Gasteiger partial charge on any atom is 0.306 e. The van der Waals surface area contributed by atoms with Crippen LogP contribution in [-0.2, 0) is 28.6 Å². The van der Waals surface area contributed by atoms with Crippen LogP contribution in [0.4, 0.5) is 0 Å². The Morgan fingerprint density at radius 2 is 0.514 bits per heavy atom. The van der Waals surface area contributed by atoms with Gasteiger partial charge in [0.2, 0.25) is 0 Å². The first kappa shape index (κ1) is 66.9. The smallest absolute Gasteiger partial charge is 0.306 e. The van der Waals surface area contributed by atoms with Crippen molar-refractivity contribution >= 4 is 17.9 Å². The Morgan fingerprint density at radius 1 is 0.286 bits per heavy atom. The second-order valence-corrected chi connectivity index (χ2v) is 19.9. The number of hydrogen-bond donors (Lipinski definition) is 0. The minimum absolute atomic E-state index is 0.0896. The summed E-state index contributed by atoms with van der Waals surface area (Å²) in [6.07, 6.45) is 74.6. The van der Waals surface area contributed by atoms with Gasteiger partial charge in [0.15, 0.2) is 6.10 Å². The predicted octanol–water partition coefficient (Wildman–Crippen LogP) is 20.2. The molecule has 0 aliphatic carbocycles. The third kappa shape index (κ3) is 55.8. The molecule has 0 aliphatic rings. The Labute approximate surface area is 433 Å². The van der Waals surface area contributed by atoms with Crippen molar-refractivity contribution in [2.45, 2.75) is 303 Å². The fourth-order valence-electron chi connectivity index (χ4n) is 8.40. The zero-order valence-corrected chi connectivity index (χ0v) is 46.3. The average molecular weight is 978 g/mol. The quantitative estimate of drug-likeness (QED) is 0.0261. The third-order valence-electron chi connectivity index (χ3n) is 12.9. The van der Waals surface area contributed by atoms with Crippen LogP contribution in [0.25, 0.3) is 0 Å². The van der Waals surface area contributed by atoms with Crippen LogP contribution in [0.3, 0.4) is 0 Å². The van der Waals surface area contributed by atoms with E-state index in [9.17, 15) is 14.4 Å². The van der Waals surface area contributed by atoms with E-state index < -0.39 is 6.10 Å². The van der Waals surface area contributed by atoms with Crippen molar-refractivity contribution in [3.63, 3.8) is 0 Å². The van der Waals surface area contributed by atoms with Crippen LogP contribution < -0.4 is 0 Å². The van der Waals surface area contributed by atoms with Crippen molar-refractivity contribution < 1.29 is 28.6 Å². The molecule has 1 atom stereocenters. The number of rotatable bonds is 54. The summed E-state index contributed by atoms with van der Waals surface area (Å²) in [6, 6.07) is 0. The van der Waals surface area contributed by atoms with E-state index in [0.29, 0.717) is 19.3 Å². The second-order valence-electron chi connectivity index (χ2n) is 19.9. The Kier molecular flexibility index (Phi) is 55.8. The highest BCUT2D eigenvalue weighted by Gasteiger charge is 2.19. The van der Waals surface area contributed by atoms with Crippen LogP contribution in [0, 0.1) is 0 Å². The lowest BCUT2D eigenvalue weighted by atomic mass is 10.0. The molecule has 0 saturated carbocycles. The van der Waals surface area contributed by atoms with Gasteiger partial charge in [-0.2, -0.15) is 0 Å². The number of carbonyl (C=O) groups excluding carboxylic acids is 3. The lowest BCUT2D eigenvalue weighted by Crippen LogP contribution is -2.30. The van der Waals surface area contributed by atoms with Gasteiger partial charge in [0, 0.05) is 19.3 Å². The van der Waals surface area contributed by atoms with E-state index in [1.54, 1.807) is 0 Å². The Bertz CT molecular complexity index is 1310. The Balaban J connectivity index is 4.44. The molecule has 0 amide bonds. The zero-order chi connectivity index (χ0) is 50.7. The summed E-state index contributed by atoms with van der Waals surface area (Å²) in [7, 11) is 0. The van der Waals surface area contributed by atoms with E-state index in [2.05, 4.69) is 93.7 Å². The van der Waals surface area contributed by atoms with Gasteiger partial charge in [-0.15, -0.1) is 0 Å². The zero-order valence-electron chi connectivity index (χ0n) is 46.3. The summed E-state index contributed by atoms with van der Waals surface area (Å²) >= 11 is 0. The highest BCUT2D eigenvalue weighted by molar-refractivity contribution is 5.71. The van der Waals surface area contributed by atoms with E-state index in [1.807, 2.05) is 0 Å². The molecule has 0 aromatic heterocycles. The van der Waals surface area contributed by atoms with E-state index >= 15 is 0 Å². The van der Waals surface area contributed by atoms with Gasteiger partial charge in [-0.1, -0.05) is 254 Å². The minimum atomic E-state index is -0.796. The summed E-state index contributed by atoms with van der Waals surface area (Å²) in [5, 5.41) is 0. The van der Waals surface area contributed by atoms with Gasteiger partial charge < -0.3 is 14.2 Å². The van der Waals surface area contributed by atoms with Gasteiger partial charge in [0.05, 0.1) is 0 Å². The van der Waals surface area contributed by atoms with Crippen LogP contribution in [-0.4, -0.2) is 37.2 Å². The molecule has 0 bridgehead atoms. The lowest BCUT2D eigenvalue weighted by molar-refractivity contribution is -0.167. The van der Waals surface area contributed by atoms with Crippen molar-refractivity contribution in [1.82, 2.24) is 0 Å². The molecule has 0 aliphatic heterocycles. The van der Waals surface area contributed by atoms with Crippen LogP contribution in [0.2, 0.25) is 0 Å². The van der Waals surface area contributed by atoms with Crippen LogP contribution in [0.15, 0.2) is 72.9 Å². The highest BCUT2D eigenvalue weighted by Crippen LogP contribution is 2.16. The van der Waals surface area contributed by atoms with Gasteiger partial charge in [0.25, 0.3) is 0 Å². The minimum Gasteiger partial charge on any atom is -0.462 e. The molecule has 70 heavy (non-hydrogen) atoms. The van der Waals surface area contributed by atoms with E-state index in [-0.39, 0.29) is 31.1 Å². The van der Waals surface area contributed by atoms with Crippen molar-refractivity contribution in [2.24, 2.45) is 0 Å². The molecule has 6 nitrogen and oxygen atoms in total. The monoisotopic (exact) mass is 977 g/mol. The van der Waals surface area contributed by atoms with E-state index in [4.69, 9.17) is 14.2 Å². The Morgan fingerprint density at radius 3 is 0.829 bits per heavy atom. The molecule has 0 rings (SSSR count). The molecule has 0 saturated heterocycles. The first-order valence-corrected chi connectivity index (χ1v) is 29.9. The topological polar surface area (TPSA) is 78.9 Å². The molecule has 6 heteroatoms. The van der Waals surface area contributed by atoms with Crippen LogP contribution >= 0.6 is 0 Å². The molecule has 0 radical (unpaired) electrons.